The van der Waals surface area contributed by atoms with Gasteiger partial charge in [-0.3, -0.25) is 0 Å². The molecule has 4 nitrogen and oxygen atoms in total. The fourth-order valence-electron chi connectivity index (χ4n) is 2.25. The largest absolute Gasteiger partial charge is 0.392 e. The fraction of sp³-hybridized carbons (Fsp3) is 0.538. The van der Waals surface area contributed by atoms with Gasteiger partial charge in [0, 0.05) is 13.1 Å². The second-order valence-electron chi connectivity index (χ2n) is 5.68. The molecule has 1 aliphatic rings. The van der Waals surface area contributed by atoms with Crippen molar-refractivity contribution in [2.75, 3.05) is 13.1 Å². The van der Waals surface area contributed by atoms with Crippen molar-refractivity contribution in [1.82, 2.24) is 4.31 Å². The average molecular weight is 287 g/mol. The molecule has 0 unspecified atom stereocenters. The Hall–Kier alpha value is -0.980. The van der Waals surface area contributed by atoms with Gasteiger partial charge in [0.1, 0.15) is 10.7 Å². The standard InChI is InChI=1S/C13H18FNO3S/c1-13(2)5-6-15(9-13)19(17,18)12-7-10(8-16)3-4-11(12)14/h3-4,7,16H,5-6,8-9H2,1-2H3. The number of rotatable bonds is 3. The zero-order valence-corrected chi connectivity index (χ0v) is 11.9. The van der Waals surface area contributed by atoms with Gasteiger partial charge in [-0.1, -0.05) is 19.9 Å². The van der Waals surface area contributed by atoms with Crippen molar-refractivity contribution in [2.45, 2.75) is 31.8 Å². The monoisotopic (exact) mass is 287 g/mol. The highest BCUT2D eigenvalue weighted by Gasteiger charge is 2.37. The fourth-order valence-corrected chi connectivity index (χ4v) is 3.99. The van der Waals surface area contributed by atoms with Gasteiger partial charge in [0.15, 0.2) is 0 Å². The summed E-state index contributed by atoms with van der Waals surface area (Å²) in [5.41, 5.74) is 0.302. The Morgan fingerprint density at radius 2 is 2.11 bits per heavy atom. The van der Waals surface area contributed by atoms with Gasteiger partial charge in [0.05, 0.1) is 6.61 Å². The number of hydrogen-bond acceptors (Lipinski definition) is 3. The molecule has 19 heavy (non-hydrogen) atoms. The first-order valence-corrected chi connectivity index (χ1v) is 7.60. The van der Waals surface area contributed by atoms with Gasteiger partial charge in [-0.05, 0) is 29.5 Å². The van der Waals surface area contributed by atoms with Crippen molar-refractivity contribution in [3.63, 3.8) is 0 Å². The van der Waals surface area contributed by atoms with E-state index in [1.54, 1.807) is 0 Å². The summed E-state index contributed by atoms with van der Waals surface area (Å²) in [6.07, 6.45) is 0.757. The lowest BCUT2D eigenvalue weighted by atomic mass is 9.93. The maximum atomic E-state index is 13.8. The van der Waals surface area contributed by atoms with E-state index in [1.165, 1.54) is 16.4 Å². The molecule has 1 aromatic rings. The third kappa shape index (κ3) is 2.80. The molecule has 1 N–H and O–H groups in total. The number of aliphatic hydroxyl groups excluding tert-OH is 1. The van der Waals surface area contributed by atoms with Crippen LogP contribution in [0.4, 0.5) is 4.39 Å². The Balaban J connectivity index is 2.40. The molecule has 0 aliphatic carbocycles. The molecule has 1 aromatic carbocycles. The highest BCUT2D eigenvalue weighted by atomic mass is 32.2. The van der Waals surface area contributed by atoms with Crippen LogP contribution in [0.15, 0.2) is 23.1 Å². The summed E-state index contributed by atoms with van der Waals surface area (Å²) in [5, 5.41) is 9.04. The van der Waals surface area contributed by atoms with Gasteiger partial charge in [0.25, 0.3) is 0 Å². The Kier molecular flexibility index (Phi) is 3.68. The van der Waals surface area contributed by atoms with Gasteiger partial charge >= 0.3 is 0 Å². The zero-order chi connectivity index (χ0) is 14.3. The van der Waals surface area contributed by atoms with Crippen LogP contribution in [0.25, 0.3) is 0 Å². The van der Waals surface area contributed by atoms with E-state index in [2.05, 4.69) is 0 Å². The van der Waals surface area contributed by atoms with Crippen molar-refractivity contribution in [2.24, 2.45) is 5.41 Å². The highest BCUT2D eigenvalue weighted by Crippen LogP contribution is 2.33. The molecular formula is C13H18FNO3S. The van der Waals surface area contributed by atoms with Crippen LogP contribution in [-0.4, -0.2) is 30.9 Å². The summed E-state index contributed by atoms with van der Waals surface area (Å²) in [6, 6.07) is 3.66. The van der Waals surface area contributed by atoms with Gasteiger partial charge in [0.2, 0.25) is 10.0 Å². The molecule has 1 fully saturated rings. The van der Waals surface area contributed by atoms with E-state index in [9.17, 15) is 12.8 Å². The van der Waals surface area contributed by atoms with Crippen LogP contribution in [0.1, 0.15) is 25.8 Å². The lowest BCUT2D eigenvalue weighted by Gasteiger charge is -2.20. The molecular weight excluding hydrogens is 269 g/mol. The van der Waals surface area contributed by atoms with Crippen LogP contribution < -0.4 is 0 Å². The molecule has 106 valence electrons. The van der Waals surface area contributed by atoms with Gasteiger partial charge in [-0.25, -0.2) is 12.8 Å². The Labute approximate surface area is 112 Å². The number of halogens is 1. The van der Waals surface area contributed by atoms with E-state index in [0.29, 0.717) is 18.7 Å². The third-order valence-corrected chi connectivity index (χ3v) is 5.30. The summed E-state index contributed by atoms with van der Waals surface area (Å²) in [5.74, 6) is -0.776. The molecule has 0 aromatic heterocycles. The molecule has 0 radical (unpaired) electrons. The maximum Gasteiger partial charge on any atom is 0.246 e. The lowest BCUT2D eigenvalue weighted by molar-refractivity contribution is 0.281. The molecule has 2 rings (SSSR count). The van der Waals surface area contributed by atoms with Crippen LogP contribution in [0.5, 0.6) is 0 Å². The van der Waals surface area contributed by atoms with Crippen LogP contribution in [-0.2, 0) is 16.6 Å². The summed E-state index contributed by atoms with van der Waals surface area (Å²) in [7, 11) is -3.83. The molecule has 6 heteroatoms. The van der Waals surface area contributed by atoms with Crippen LogP contribution >= 0.6 is 0 Å². The van der Waals surface area contributed by atoms with Crippen molar-refractivity contribution in [3.05, 3.63) is 29.6 Å². The Bertz CT molecular complexity index is 584. The maximum absolute atomic E-state index is 13.8. The van der Waals surface area contributed by atoms with E-state index in [-0.39, 0.29) is 16.9 Å². The second-order valence-corrected chi connectivity index (χ2v) is 7.58. The number of hydrogen-bond donors (Lipinski definition) is 1. The quantitative estimate of drug-likeness (QED) is 0.921. The molecule has 1 aliphatic heterocycles. The third-order valence-electron chi connectivity index (χ3n) is 3.44. The smallest absolute Gasteiger partial charge is 0.246 e. The molecule has 0 saturated carbocycles. The lowest BCUT2D eigenvalue weighted by Crippen LogP contribution is -2.31. The Morgan fingerprint density at radius 3 is 2.63 bits per heavy atom. The van der Waals surface area contributed by atoms with E-state index >= 15 is 0 Å². The Morgan fingerprint density at radius 1 is 1.42 bits per heavy atom. The molecule has 0 atom stereocenters. The minimum absolute atomic E-state index is 0.0852. The van der Waals surface area contributed by atoms with Crippen molar-refractivity contribution < 1.29 is 17.9 Å². The first-order chi connectivity index (χ1) is 8.76. The van der Waals surface area contributed by atoms with E-state index in [4.69, 9.17) is 5.11 Å². The SMILES string of the molecule is CC1(C)CCN(S(=O)(=O)c2cc(CO)ccc2F)C1. The molecule has 1 saturated heterocycles. The minimum atomic E-state index is -3.83. The van der Waals surface area contributed by atoms with E-state index < -0.39 is 15.8 Å². The number of sulfonamides is 1. The van der Waals surface area contributed by atoms with Crippen LogP contribution in [0, 0.1) is 11.2 Å². The highest BCUT2D eigenvalue weighted by molar-refractivity contribution is 7.89. The first-order valence-electron chi connectivity index (χ1n) is 6.16. The van der Waals surface area contributed by atoms with Gasteiger partial charge < -0.3 is 5.11 Å². The number of nitrogens with zero attached hydrogens (tertiary/aromatic N) is 1. The summed E-state index contributed by atoms with van der Waals surface area (Å²) in [4.78, 5) is -0.350. The molecule has 1 heterocycles. The van der Waals surface area contributed by atoms with E-state index in [1.807, 2.05) is 13.8 Å². The van der Waals surface area contributed by atoms with Gasteiger partial charge in [-0.2, -0.15) is 4.31 Å². The minimum Gasteiger partial charge on any atom is -0.392 e. The normalized spacial score (nSPS) is 19.8. The van der Waals surface area contributed by atoms with Crippen molar-refractivity contribution in [3.8, 4) is 0 Å². The summed E-state index contributed by atoms with van der Waals surface area (Å²) in [6.45, 7) is 4.45. The molecule has 0 spiro atoms. The predicted octanol–water partition coefficient (Wildman–Crippen LogP) is 1.74. The summed E-state index contributed by atoms with van der Waals surface area (Å²) >= 11 is 0. The number of benzene rings is 1. The predicted molar refractivity (Wildman–Crippen MR) is 69.5 cm³/mol. The average Bonchev–Trinajstić information content (AvgIpc) is 2.71. The van der Waals surface area contributed by atoms with E-state index in [0.717, 1.165) is 12.5 Å². The topological polar surface area (TPSA) is 57.6 Å². The number of aliphatic hydroxyl groups is 1. The van der Waals surface area contributed by atoms with Crippen molar-refractivity contribution in [1.29, 1.82) is 0 Å². The van der Waals surface area contributed by atoms with Crippen LogP contribution in [0.2, 0.25) is 0 Å². The molecule has 0 bridgehead atoms. The second kappa shape index (κ2) is 4.85. The summed E-state index contributed by atoms with van der Waals surface area (Å²) < 4.78 is 39.9. The van der Waals surface area contributed by atoms with Crippen LogP contribution in [0.3, 0.4) is 0 Å². The molecule has 0 amide bonds. The zero-order valence-electron chi connectivity index (χ0n) is 11.1. The van der Waals surface area contributed by atoms with Gasteiger partial charge in [-0.15, -0.1) is 0 Å². The first kappa shape index (κ1) is 14.4. The van der Waals surface area contributed by atoms with Crippen molar-refractivity contribution >= 4 is 10.0 Å².